The van der Waals surface area contributed by atoms with Gasteiger partial charge in [0, 0.05) is 34.2 Å². The molecule has 0 bridgehead atoms. The first-order valence-electron chi connectivity index (χ1n) is 10.6. The third-order valence-corrected chi connectivity index (χ3v) is 6.76. The molecule has 1 fully saturated rings. The molecule has 4 rings (SSSR count). The summed E-state index contributed by atoms with van der Waals surface area (Å²) in [5.41, 5.74) is 2.49. The summed E-state index contributed by atoms with van der Waals surface area (Å²) >= 11 is 0. The molecule has 2 aromatic carbocycles. The Labute approximate surface area is 178 Å². The van der Waals surface area contributed by atoms with Crippen molar-refractivity contribution in [3.8, 4) is 0 Å². The van der Waals surface area contributed by atoms with Crippen LogP contribution in [-0.2, 0) is 25.4 Å². The minimum Gasteiger partial charge on any atom is -0.469 e. The molecule has 0 saturated carbocycles. The molecule has 5 nitrogen and oxygen atoms in total. The number of aromatic nitrogens is 1. The zero-order valence-corrected chi connectivity index (χ0v) is 18.7. The number of hydrogen-bond acceptors (Lipinski definition) is 4. The van der Waals surface area contributed by atoms with Gasteiger partial charge in [-0.15, -0.1) is 0 Å². The fourth-order valence-corrected chi connectivity index (χ4v) is 4.33. The molecule has 0 N–H and O–H groups in total. The van der Waals surface area contributed by atoms with Crippen LogP contribution in [-0.4, -0.2) is 36.0 Å². The van der Waals surface area contributed by atoms with Crippen LogP contribution in [0.3, 0.4) is 0 Å². The van der Waals surface area contributed by atoms with Gasteiger partial charge in [-0.2, -0.15) is 0 Å². The standard InChI is InChI=1S/C24H30BNO4/c1-7-26-20-11-9-8-10-17(20)18-14-16(12-13-21(18)26)19(15-22(27)28-6)25-29-23(2,3)24(4,5)30-25/h8-14,19H,7,15H2,1-6H3. The SMILES string of the molecule is CCn1c2ccccc2c2cc(C(CC(=O)OC)B3OC(C)(C)C(C)(C)O3)ccc21. The van der Waals surface area contributed by atoms with E-state index >= 15 is 0 Å². The van der Waals surface area contributed by atoms with Crippen LogP contribution >= 0.6 is 0 Å². The zero-order chi connectivity index (χ0) is 21.7. The molecule has 1 saturated heterocycles. The van der Waals surface area contributed by atoms with Crippen LogP contribution in [0.2, 0.25) is 0 Å². The Balaban J connectivity index is 1.83. The fraction of sp³-hybridized carbons (Fsp3) is 0.458. The minimum absolute atomic E-state index is 0.200. The third kappa shape index (κ3) is 3.32. The number of carbonyl (C=O) groups is 1. The Morgan fingerprint density at radius 2 is 1.67 bits per heavy atom. The van der Waals surface area contributed by atoms with Gasteiger partial charge in [0.2, 0.25) is 0 Å². The molecule has 3 aromatic rings. The molecule has 30 heavy (non-hydrogen) atoms. The Hall–Kier alpha value is -2.31. The predicted molar refractivity (Wildman–Crippen MR) is 121 cm³/mol. The van der Waals surface area contributed by atoms with Crippen LogP contribution in [0.15, 0.2) is 42.5 Å². The monoisotopic (exact) mass is 407 g/mol. The summed E-state index contributed by atoms with van der Waals surface area (Å²) in [4.78, 5) is 12.3. The summed E-state index contributed by atoms with van der Waals surface area (Å²) in [6.45, 7) is 11.2. The fourth-order valence-electron chi connectivity index (χ4n) is 4.33. The predicted octanol–water partition coefficient (Wildman–Crippen LogP) is 5.09. The molecule has 1 aliphatic rings. The molecular weight excluding hydrogens is 377 g/mol. The highest BCUT2D eigenvalue weighted by Crippen LogP contribution is 2.42. The number of hydrogen-bond donors (Lipinski definition) is 0. The molecule has 1 atom stereocenters. The first kappa shape index (κ1) is 20.9. The van der Waals surface area contributed by atoms with Gasteiger partial charge in [0.15, 0.2) is 0 Å². The number of rotatable bonds is 5. The van der Waals surface area contributed by atoms with Gasteiger partial charge in [-0.05, 0) is 58.4 Å². The maximum absolute atomic E-state index is 12.3. The molecular formula is C24H30BNO4. The van der Waals surface area contributed by atoms with E-state index in [1.54, 1.807) is 0 Å². The quantitative estimate of drug-likeness (QED) is 0.437. The van der Waals surface area contributed by atoms with Crippen molar-refractivity contribution < 1.29 is 18.8 Å². The molecule has 1 aliphatic heterocycles. The second kappa shape index (κ2) is 7.43. The molecule has 0 spiro atoms. The van der Waals surface area contributed by atoms with Crippen LogP contribution in [0.1, 0.15) is 52.4 Å². The molecule has 6 heteroatoms. The minimum atomic E-state index is -0.522. The number of para-hydroxylation sites is 1. The second-order valence-electron chi connectivity index (χ2n) is 9.05. The van der Waals surface area contributed by atoms with E-state index in [9.17, 15) is 4.79 Å². The highest BCUT2D eigenvalue weighted by Gasteiger charge is 2.54. The number of methoxy groups -OCH3 is 1. The van der Waals surface area contributed by atoms with E-state index in [0.717, 1.165) is 12.1 Å². The van der Waals surface area contributed by atoms with Crippen molar-refractivity contribution in [1.82, 2.24) is 4.57 Å². The maximum Gasteiger partial charge on any atom is 0.466 e. The summed E-state index contributed by atoms with van der Waals surface area (Å²) in [5.74, 6) is -0.530. The molecule has 1 aromatic heterocycles. The summed E-state index contributed by atoms with van der Waals surface area (Å²) in [6.07, 6.45) is 0.200. The molecule has 0 amide bonds. The van der Waals surface area contributed by atoms with Crippen molar-refractivity contribution >= 4 is 34.9 Å². The molecule has 2 heterocycles. The van der Waals surface area contributed by atoms with Crippen molar-refractivity contribution in [2.24, 2.45) is 0 Å². The van der Waals surface area contributed by atoms with Crippen molar-refractivity contribution in [2.75, 3.05) is 7.11 Å². The highest BCUT2D eigenvalue weighted by atomic mass is 16.7. The van der Waals surface area contributed by atoms with Crippen LogP contribution in [0.4, 0.5) is 0 Å². The van der Waals surface area contributed by atoms with Crippen molar-refractivity contribution in [1.29, 1.82) is 0 Å². The Kier molecular flexibility index (Phi) is 5.19. The Bertz CT molecular complexity index is 1090. The van der Waals surface area contributed by atoms with Crippen LogP contribution < -0.4 is 0 Å². The van der Waals surface area contributed by atoms with Crippen LogP contribution in [0.25, 0.3) is 21.8 Å². The topological polar surface area (TPSA) is 49.7 Å². The number of carbonyl (C=O) groups excluding carboxylic acids is 1. The number of aryl methyl sites for hydroxylation is 1. The van der Waals surface area contributed by atoms with E-state index in [1.807, 2.05) is 27.7 Å². The first-order chi connectivity index (χ1) is 14.2. The number of ether oxygens (including phenoxy) is 1. The lowest BCUT2D eigenvalue weighted by atomic mass is 9.66. The second-order valence-corrected chi connectivity index (χ2v) is 9.05. The van der Waals surface area contributed by atoms with E-state index in [2.05, 4.69) is 54.0 Å². The third-order valence-electron chi connectivity index (χ3n) is 6.76. The van der Waals surface area contributed by atoms with Crippen LogP contribution in [0.5, 0.6) is 0 Å². The van der Waals surface area contributed by atoms with Crippen molar-refractivity contribution in [3.63, 3.8) is 0 Å². The van der Waals surface area contributed by atoms with Gasteiger partial charge in [0.1, 0.15) is 0 Å². The lowest BCUT2D eigenvalue weighted by Gasteiger charge is -2.32. The number of benzene rings is 2. The molecule has 0 aliphatic carbocycles. The molecule has 0 radical (unpaired) electrons. The normalized spacial score (nSPS) is 18.8. The lowest BCUT2D eigenvalue weighted by molar-refractivity contribution is -0.140. The van der Waals surface area contributed by atoms with E-state index in [1.165, 1.54) is 28.9 Å². The van der Waals surface area contributed by atoms with Gasteiger partial charge in [0.05, 0.1) is 24.7 Å². The van der Waals surface area contributed by atoms with E-state index in [4.69, 9.17) is 14.0 Å². The van der Waals surface area contributed by atoms with Gasteiger partial charge in [0.25, 0.3) is 0 Å². The van der Waals surface area contributed by atoms with Gasteiger partial charge in [-0.1, -0.05) is 24.3 Å². The number of nitrogens with zero attached hydrogens (tertiary/aromatic N) is 1. The van der Waals surface area contributed by atoms with Crippen molar-refractivity contribution in [2.45, 2.75) is 64.6 Å². The first-order valence-corrected chi connectivity index (χ1v) is 10.6. The number of fused-ring (bicyclic) bond motifs is 3. The summed E-state index contributed by atoms with van der Waals surface area (Å²) in [6, 6.07) is 14.8. The summed E-state index contributed by atoms with van der Waals surface area (Å²) < 4.78 is 19.9. The van der Waals surface area contributed by atoms with Crippen LogP contribution in [0, 0.1) is 0 Å². The largest absolute Gasteiger partial charge is 0.469 e. The zero-order valence-electron chi connectivity index (χ0n) is 18.7. The smallest absolute Gasteiger partial charge is 0.466 e. The lowest BCUT2D eigenvalue weighted by Crippen LogP contribution is -2.41. The Morgan fingerprint density at radius 3 is 2.30 bits per heavy atom. The van der Waals surface area contributed by atoms with E-state index < -0.39 is 18.3 Å². The van der Waals surface area contributed by atoms with Gasteiger partial charge < -0.3 is 18.6 Å². The van der Waals surface area contributed by atoms with Gasteiger partial charge in [-0.25, -0.2) is 0 Å². The molecule has 158 valence electrons. The van der Waals surface area contributed by atoms with Gasteiger partial charge >= 0.3 is 13.1 Å². The maximum atomic E-state index is 12.3. The Morgan fingerprint density at radius 1 is 1.03 bits per heavy atom. The summed E-state index contributed by atoms with van der Waals surface area (Å²) in [7, 11) is 0.896. The number of esters is 1. The highest BCUT2D eigenvalue weighted by molar-refractivity contribution is 6.48. The summed E-state index contributed by atoms with van der Waals surface area (Å²) in [5, 5.41) is 2.39. The molecule has 1 unspecified atom stereocenters. The van der Waals surface area contributed by atoms with E-state index in [-0.39, 0.29) is 18.2 Å². The van der Waals surface area contributed by atoms with Crippen molar-refractivity contribution in [3.05, 3.63) is 48.0 Å². The van der Waals surface area contributed by atoms with Gasteiger partial charge in [-0.3, -0.25) is 4.79 Å². The average molecular weight is 407 g/mol. The average Bonchev–Trinajstić information content (AvgIpc) is 3.14. The van der Waals surface area contributed by atoms with E-state index in [0.29, 0.717) is 0 Å².